The lowest BCUT2D eigenvalue weighted by Crippen LogP contribution is -2.23. The first kappa shape index (κ1) is 13.7. The fourth-order valence-corrected chi connectivity index (χ4v) is 1.81. The Morgan fingerprint density at radius 3 is 2.42 bits per heavy atom. The van der Waals surface area contributed by atoms with E-state index in [0.29, 0.717) is 5.56 Å². The minimum atomic E-state index is -0.670. The van der Waals surface area contributed by atoms with Crippen LogP contribution in [0.4, 0.5) is 8.78 Å². The Morgan fingerprint density at radius 2 is 1.79 bits per heavy atom. The summed E-state index contributed by atoms with van der Waals surface area (Å²) in [5, 5.41) is 2.58. The average Bonchev–Trinajstić information content (AvgIpc) is 2.38. The SMILES string of the molecule is O=C(NCc1ccc(F)cc1F)c1ccc(Br)cc1. The van der Waals surface area contributed by atoms with Crippen molar-refractivity contribution in [3.05, 3.63) is 69.7 Å². The Morgan fingerprint density at radius 1 is 1.11 bits per heavy atom. The van der Waals surface area contributed by atoms with Crippen LogP contribution in [0, 0.1) is 11.6 Å². The molecular weight excluding hydrogens is 316 g/mol. The van der Waals surface area contributed by atoms with E-state index in [2.05, 4.69) is 21.2 Å². The first-order valence-electron chi connectivity index (χ1n) is 5.54. The molecule has 19 heavy (non-hydrogen) atoms. The third kappa shape index (κ3) is 3.61. The molecule has 0 unspecified atom stereocenters. The van der Waals surface area contributed by atoms with Gasteiger partial charge in [-0.1, -0.05) is 22.0 Å². The molecule has 0 bridgehead atoms. The summed E-state index contributed by atoms with van der Waals surface area (Å²) in [5.74, 6) is -1.62. The van der Waals surface area contributed by atoms with Crippen molar-refractivity contribution < 1.29 is 13.6 Å². The van der Waals surface area contributed by atoms with Gasteiger partial charge in [0.2, 0.25) is 0 Å². The van der Waals surface area contributed by atoms with Gasteiger partial charge in [-0.05, 0) is 30.3 Å². The average molecular weight is 326 g/mol. The zero-order valence-corrected chi connectivity index (χ0v) is 11.4. The van der Waals surface area contributed by atoms with E-state index in [9.17, 15) is 13.6 Å². The van der Waals surface area contributed by atoms with Crippen molar-refractivity contribution in [2.75, 3.05) is 0 Å². The van der Waals surface area contributed by atoms with E-state index < -0.39 is 11.6 Å². The van der Waals surface area contributed by atoms with Gasteiger partial charge in [0.05, 0.1) is 0 Å². The molecule has 0 heterocycles. The first-order valence-corrected chi connectivity index (χ1v) is 6.33. The summed E-state index contributed by atoms with van der Waals surface area (Å²) < 4.78 is 26.9. The third-order valence-corrected chi connectivity index (χ3v) is 3.09. The predicted octanol–water partition coefficient (Wildman–Crippen LogP) is 3.66. The molecule has 0 aliphatic carbocycles. The summed E-state index contributed by atoms with van der Waals surface area (Å²) in [6.07, 6.45) is 0. The van der Waals surface area contributed by atoms with Crippen LogP contribution in [0.1, 0.15) is 15.9 Å². The van der Waals surface area contributed by atoms with E-state index in [4.69, 9.17) is 0 Å². The predicted molar refractivity (Wildman–Crippen MR) is 71.7 cm³/mol. The zero-order valence-electron chi connectivity index (χ0n) is 9.79. The fraction of sp³-hybridized carbons (Fsp3) is 0.0714. The molecule has 2 aromatic rings. The summed E-state index contributed by atoms with van der Waals surface area (Å²) in [6, 6.07) is 10.1. The molecular formula is C14H10BrF2NO. The number of carbonyl (C=O) groups is 1. The molecule has 2 nitrogen and oxygen atoms in total. The van der Waals surface area contributed by atoms with Gasteiger partial charge in [0.1, 0.15) is 11.6 Å². The van der Waals surface area contributed by atoms with Crippen LogP contribution < -0.4 is 5.32 Å². The van der Waals surface area contributed by atoms with Gasteiger partial charge in [-0.15, -0.1) is 0 Å². The van der Waals surface area contributed by atoms with Gasteiger partial charge < -0.3 is 5.32 Å². The van der Waals surface area contributed by atoms with Gasteiger partial charge in [0.25, 0.3) is 5.91 Å². The van der Waals surface area contributed by atoms with Crippen molar-refractivity contribution in [2.45, 2.75) is 6.54 Å². The Hall–Kier alpha value is -1.75. The van der Waals surface area contributed by atoms with Gasteiger partial charge in [0.15, 0.2) is 0 Å². The highest BCUT2D eigenvalue weighted by atomic mass is 79.9. The number of halogens is 3. The maximum absolute atomic E-state index is 13.4. The van der Waals surface area contributed by atoms with Crippen molar-refractivity contribution in [1.29, 1.82) is 0 Å². The van der Waals surface area contributed by atoms with Gasteiger partial charge >= 0.3 is 0 Å². The van der Waals surface area contributed by atoms with Crippen molar-refractivity contribution in [2.24, 2.45) is 0 Å². The molecule has 1 amide bonds. The molecule has 0 aromatic heterocycles. The number of nitrogens with one attached hydrogen (secondary N) is 1. The molecule has 0 saturated heterocycles. The second kappa shape index (κ2) is 5.93. The third-order valence-electron chi connectivity index (χ3n) is 2.56. The van der Waals surface area contributed by atoms with E-state index in [1.807, 2.05) is 0 Å². The van der Waals surface area contributed by atoms with Crippen molar-refractivity contribution in [3.8, 4) is 0 Å². The van der Waals surface area contributed by atoms with Crippen LogP contribution in [0.2, 0.25) is 0 Å². The first-order chi connectivity index (χ1) is 9.06. The van der Waals surface area contributed by atoms with E-state index in [0.717, 1.165) is 16.6 Å². The van der Waals surface area contributed by atoms with E-state index in [1.165, 1.54) is 6.07 Å². The summed E-state index contributed by atoms with van der Waals surface area (Å²) in [5.41, 5.74) is 0.720. The maximum Gasteiger partial charge on any atom is 0.251 e. The topological polar surface area (TPSA) is 29.1 Å². The Bertz CT molecular complexity index is 599. The number of hydrogen-bond donors (Lipinski definition) is 1. The highest BCUT2D eigenvalue weighted by molar-refractivity contribution is 9.10. The number of benzene rings is 2. The second-order valence-corrected chi connectivity index (χ2v) is 4.84. The van der Waals surface area contributed by atoms with Crippen LogP contribution in [-0.4, -0.2) is 5.91 Å². The minimum absolute atomic E-state index is 0.0149. The molecule has 2 aromatic carbocycles. The zero-order chi connectivity index (χ0) is 13.8. The van der Waals surface area contributed by atoms with Gasteiger partial charge in [-0.25, -0.2) is 8.78 Å². The van der Waals surface area contributed by atoms with Crippen LogP contribution in [0.5, 0.6) is 0 Å². The molecule has 0 saturated carbocycles. The molecule has 0 aliphatic rings. The molecule has 5 heteroatoms. The summed E-state index contributed by atoms with van der Waals surface area (Å²) in [6.45, 7) is 0.0149. The van der Waals surface area contributed by atoms with Gasteiger partial charge in [-0.3, -0.25) is 4.79 Å². The normalized spacial score (nSPS) is 10.3. The van der Waals surface area contributed by atoms with Crippen molar-refractivity contribution >= 4 is 21.8 Å². The van der Waals surface area contributed by atoms with E-state index >= 15 is 0 Å². The largest absolute Gasteiger partial charge is 0.348 e. The Kier molecular flexibility index (Phi) is 4.27. The second-order valence-electron chi connectivity index (χ2n) is 3.93. The van der Waals surface area contributed by atoms with Gasteiger partial charge in [0, 0.05) is 28.2 Å². The number of hydrogen-bond acceptors (Lipinski definition) is 1. The minimum Gasteiger partial charge on any atom is -0.348 e. The van der Waals surface area contributed by atoms with Crippen LogP contribution in [-0.2, 0) is 6.54 Å². The van der Waals surface area contributed by atoms with Crippen LogP contribution in [0.15, 0.2) is 46.9 Å². The lowest BCUT2D eigenvalue weighted by atomic mass is 10.2. The molecule has 0 radical (unpaired) electrons. The van der Waals surface area contributed by atoms with Crippen LogP contribution in [0.3, 0.4) is 0 Å². The highest BCUT2D eigenvalue weighted by Gasteiger charge is 2.08. The van der Waals surface area contributed by atoms with Crippen LogP contribution >= 0.6 is 15.9 Å². The summed E-state index contributed by atoms with van der Waals surface area (Å²) >= 11 is 3.27. The lowest BCUT2D eigenvalue weighted by Gasteiger charge is -2.06. The maximum atomic E-state index is 13.4. The standard InChI is InChI=1S/C14H10BrF2NO/c15-11-4-1-9(2-5-11)14(19)18-8-10-3-6-12(16)7-13(10)17/h1-7H,8H2,(H,18,19). The Balaban J connectivity index is 2.02. The Labute approximate surface area is 117 Å². The quantitative estimate of drug-likeness (QED) is 0.916. The summed E-state index contributed by atoms with van der Waals surface area (Å²) in [7, 11) is 0. The fourth-order valence-electron chi connectivity index (χ4n) is 1.54. The number of carbonyl (C=O) groups excluding carboxylic acids is 1. The smallest absolute Gasteiger partial charge is 0.251 e. The van der Waals surface area contributed by atoms with E-state index in [1.54, 1.807) is 24.3 Å². The number of amides is 1. The molecule has 2 rings (SSSR count). The number of rotatable bonds is 3. The highest BCUT2D eigenvalue weighted by Crippen LogP contribution is 2.12. The molecule has 1 N–H and O–H groups in total. The molecule has 98 valence electrons. The molecule has 0 fully saturated rings. The van der Waals surface area contributed by atoms with Crippen LogP contribution in [0.25, 0.3) is 0 Å². The molecule has 0 atom stereocenters. The monoisotopic (exact) mass is 325 g/mol. The van der Waals surface area contributed by atoms with Crippen molar-refractivity contribution in [1.82, 2.24) is 5.32 Å². The molecule has 0 spiro atoms. The summed E-state index contributed by atoms with van der Waals surface area (Å²) in [4.78, 5) is 11.8. The molecule has 0 aliphatic heterocycles. The van der Waals surface area contributed by atoms with Gasteiger partial charge in [-0.2, -0.15) is 0 Å². The van der Waals surface area contributed by atoms with Crippen molar-refractivity contribution in [3.63, 3.8) is 0 Å². The van der Waals surface area contributed by atoms with E-state index in [-0.39, 0.29) is 18.0 Å². The lowest BCUT2D eigenvalue weighted by molar-refractivity contribution is 0.0950.